The van der Waals surface area contributed by atoms with E-state index in [2.05, 4.69) is 5.32 Å². The highest BCUT2D eigenvalue weighted by atomic mass is 35.5. The molecule has 1 aliphatic heterocycles. The number of nitro groups is 1. The van der Waals surface area contributed by atoms with E-state index in [0.29, 0.717) is 22.5 Å². The molecule has 0 atom stereocenters. The van der Waals surface area contributed by atoms with Gasteiger partial charge in [0, 0.05) is 17.8 Å². The van der Waals surface area contributed by atoms with Crippen LogP contribution in [0, 0.1) is 10.1 Å². The van der Waals surface area contributed by atoms with E-state index in [1.54, 1.807) is 42.5 Å². The van der Waals surface area contributed by atoms with Gasteiger partial charge in [0.1, 0.15) is 0 Å². The van der Waals surface area contributed by atoms with Crippen molar-refractivity contribution >= 4 is 46.4 Å². The van der Waals surface area contributed by atoms with Gasteiger partial charge in [0.2, 0.25) is 0 Å². The predicted molar refractivity (Wildman–Crippen MR) is 110 cm³/mol. The lowest BCUT2D eigenvalue weighted by Gasteiger charge is -2.15. The lowest BCUT2D eigenvalue weighted by atomic mass is 10.1. The molecule has 3 amide bonds. The van der Waals surface area contributed by atoms with E-state index in [9.17, 15) is 24.5 Å². The van der Waals surface area contributed by atoms with Gasteiger partial charge in [-0.05, 0) is 36.4 Å². The molecule has 0 bridgehead atoms. The molecular formula is C21H12ClN3O5. The molecule has 3 aromatic rings. The topological polar surface area (TPSA) is 110 Å². The van der Waals surface area contributed by atoms with E-state index in [-0.39, 0.29) is 16.3 Å². The number of hydrogen-bond acceptors (Lipinski definition) is 5. The van der Waals surface area contributed by atoms with Crippen LogP contribution in [-0.2, 0) is 0 Å². The molecule has 0 radical (unpaired) electrons. The molecular weight excluding hydrogens is 410 g/mol. The van der Waals surface area contributed by atoms with Gasteiger partial charge in [0.15, 0.2) is 0 Å². The SMILES string of the molecule is O=C(Nc1cccc(N2C(=O)c3ccccc3C2=O)c1)c1ccc([N+](=O)[O-])cc1Cl. The number of nitrogens with zero attached hydrogens (tertiary/aromatic N) is 2. The Balaban J connectivity index is 1.59. The minimum atomic E-state index is -0.612. The summed E-state index contributed by atoms with van der Waals surface area (Å²) in [7, 11) is 0. The average Bonchev–Trinajstić information content (AvgIpc) is 2.98. The van der Waals surface area contributed by atoms with E-state index >= 15 is 0 Å². The zero-order valence-corrected chi connectivity index (χ0v) is 15.9. The first-order valence-corrected chi connectivity index (χ1v) is 9.08. The summed E-state index contributed by atoms with van der Waals surface area (Å²) in [6.07, 6.45) is 0. The van der Waals surface area contributed by atoms with Crippen LogP contribution in [0.4, 0.5) is 17.1 Å². The molecule has 3 aromatic carbocycles. The Morgan fingerprint density at radius 2 is 1.60 bits per heavy atom. The van der Waals surface area contributed by atoms with Crippen molar-refractivity contribution in [1.82, 2.24) is 0 Å². The van der Waals surface area contributed by atoms with Gasteiger partial charge in [-0.25, -0.2) is 4.90 Å². The normalized spacial score (nSPS) is 12.6. The van der Waals surface area contributed by atoms with Gasteiger partial charge in [-0.3, -0.25) is 24.5 Å². The van der Waals surface area contributed by atoms with E-state index in [1.807, 2.05) is 0 Å². The van der Waals surface area contributed by atoms with E-state index in [4.69, 9.17) is 11.6 Å². The molecule has 0 unspecified atom stereocenters. The maximum absolute atomic E-state index is 12.6. The summed E-state index contributed by atoms with van der Waals surface area (Å²) >= 11 is 6.00. The molecule has 4 rings (SSSR count). The molecule has 0 saturated carbocycles. The summed E-state index contributed by atoms with van der Waals surface area (Å²) in [6.45, 7) is 0. The van der Waals surface area contributed by atoms with Crippen LogP contribution in [0.15, 0.2) is 66.7 Å². The van der Waals surface area contributed by atoms with Gasteiger partial charge in [0.25, 0.3) is 23.4 Å². The Labute approximate surface area is 174 Å². The first-order valence-electron chi connectivity index (χ1n) is 8.70. The Bertz CT molecular complexity index is 1210. The Morgan fingerprint density at radius 3 is 2.20 bits per heavy atom. The van der Waals surface area contributed by atoms with E-state index < -0.39 is 22.6 Å². The van der Waals surface area contributed by atoms with Crippen molar-refractivity contribution in [2.45, 2.75) is 0 Å². The third-order valence-corrected chi connectivity index (χ3v) is 4.88. The number of imide groups is 1. The van der Waals surface area contributed by atoms with Crippen molar-refractivity contribution < 1.29 is 19.3 Å². The zero-order chi connectivity index (χ0) is 21.4. The maximum atomic E-state index is 12.6. The summed E-state index contributed by atoms with van der Waals surface area (Å²) < 4.78 is 0. The highest BCUT2D eigenvalue weighted by Gasteiger charge is 2.36. The standard InChI is InChI=1S/C21H12ClN3O5/c22-18-11-14(25(29)30)8-9-17(18)19(26)23-12-4-3-5-13(10-12)24-20(27)15-6-1-2-7-16(15)21(24)28/h1-11H,(H,23,26). The summed E-state index contributed by atoms with van der Waals surface area (Å²) in [5, 5.41) is 13.4. The highest BCUT2D eigenvalue weighted by molar-refractivity contribution is 6.35. The molecule has 1 N–H and O–H groups in total. The van der Waals surface area contributed by atoms with Gasteiger partial charge in [0.05, 0.1) is 32.3 Å². The molecule has 0 aliphatic carbocycles. The summed E-state index contributed by atoms with van der Waals surface area (Å²) in [6, 6.07) is 16.3. The second-order valence-corrected chi connectivity index (χ2v) is 6.82. The fourth-order valence-corrected chi connectivity index (χ4v) is 3.41. The molecule has 0 spiro atoms. The summed E-state index contributed by atoms with van der Waals surface area (Å²) in [5.74, 6) is -1.48. The lowest BCUT2D eigenvalue weighted by Crippen LogP contribution is -2.29. The number of hydrogen-bond donors (Lipinski definition) is 1. The van der Waals surface area contributed by atoms with Crippen LogP contribution in [0.25, 0.3) is 0 Å². The number of amides is 3. The van der Waals surface area contributed by atoms with Crippen LogP contribution < -0.4 is 10.2 Å². The molecule has 9 heteroatoms. The zero-order valence-electron chi connectivity index (χ0n) is 15.2. The van der Waals surface area contributed by atoms with E-state index in [1.165, 1.54) is 18.2 Å². The second-order valence-electron chi connectivity index (χ2n) is 6.42. The third-order valence-electron chi connectivity index (χ3n) is 4.56. The van der Waals surface area contributed by atoms with E-state index in [0.717, 1.165) is 11.0 Å². The number of nitro benzene ring substituents is 1. The molecule has 0 saturated heterocycles. The number of carbonyl (C=O) groups is 3. The van der Waals surface area contributed by atoms with Crippen LogP contribution in [0.3, 0.4) is 0 Å². The third kappa shape index (κ3) is 3.29. The van der Waals surface area contributed by atoms with Crippen LogP contribution in [0.2, 0.25) is 5.02 Å². The van der Waals surface area contributed by atoms with Crippen LogP contribution in [0.1, 0.15) is 31.1 Å². The highest BCUT2D eigenvalue weighted by Crippen LogP contribution is 2.30. The second kappa shape index (κ2) is 7.41. The van der Waals surface area contributed by atoms with Crippen molar-refractivity contribution in [1.29, 1.82) is 0 Å². The van der Waals surface area contributed by atoms with Gasteiger partial charge >= 0.3 is 0 Å². The van der Waals surface area contributed by atoms with Gasteiger partial charge in [-0.1, -0.05) is 29.8 Å². The van der Waals surface area contributed by atoms with Crippen molar-refractivity contribution in [3.8, 4) is 0 Å². The minimum Gasteiger partial charge on any atom is -0.322 e. The Kier molecular flexibility index (Phi) is 4.77. The average molecular weight is 422 g/mol. The number of fused-ring (bicyclic) bond motifs is 1. The van der Waals surface area contributed by atoms with Gasteiger partial charge in [-0.15, -0.1) is 0 Å². The van der Waals surface area contributed by atoms with Crippen molar-refractivity contribution in [2.24, 2.45) is 0 Å². The summed E-state index contributed by atoms with van der Waals surface area (Å²) in [5.41, 5.74) is 1.07. The van der Waals surface area contributed by atoms with Crippen LogP contribution in [-0.4, -0.2) is 22.6 Å². The van der Waals surface area contributed by atoms with Gasteiger partial charge < -0.3 is 5.32 Å². The van der Waals surface area contributed by atoms with Gasteiger partial charge in [-0.2, -0.15) is 0 Å². The molecule has 1 aliphatic rings. The molecule has 8 nitrogen and oxygen atoms in total. The molecule has 0 fully saturated rings. The van der Waals surface area contributed by atoms with Crippen LogP contribution in [0.5, 0.6) is 0 Å². The fraction of sp³-hybridized carbons (Fsp3) is 0. The molecule has 148 valence electrons. The smallest absolute Gasteiger partial charge is 0.270 e. The molecule has 30 heavy (non-hydrogen) atoms. The first-order chi connectivity index (χ1) is 14.4. The van der Waals surface area contributed by atoms with Crippen molar-refractivity contribution in [3.63, 3.8) is 0 Å². The summed E-state index contributed by atoms with van der Waals surface area (Å²) in [4.78, 5) is 49.1. The number of benzene rings is 3. The maximum Gasteiger partial charge on any atom is 0.270 e. The van der Waals surface area contributed by atoms with Crippen molar-refractivity contribution in [3.05, 3.63) is 98.6 Å². The quantitative estimate of drug-likeness (QED) is 0.383. The Hall–Kier alpha value is -4.04. The number of carbonyl (C=O) groups excluding carboxylic acids is 3. The predicted octanol–water partition coefficient (Wildman–Crippen LogP) is 4.30. The fourth-order valence-electron chi connectivity index (χ4n) is 3.15. The number of nitrogens with one attached hydrogen (secondary N) is 1. The molecule has 0 aromatic heterocycles. The van der Waals surface area contributed by atoms with Crippen molar-refractivity contribution in [2.75, 3.05) is 10.2 Å². The largest absolute Gasteiger partial charge is 0.322 e. The number of halogens is 1. The Morgan fingerprint density at radius 1 is 0.933 bits per heavy atom. The number of anilines is 2. The number of non-ortho nitro benzene ring substituents is 1. The first kappa shape index (κ1) is 19.3. The molecule has 1 heterocycles. The number of rotatable bonds is 4. The monoisotopic (exact) mass is 421 g/mol. The minimum absolute atomic E-state index is 0.0494. The lowest BCUT2D eigenvalue weighted by molar-refractivity contribution is -0.384. The van der Waals surface area contributed by atoms with Crippen LogP contribution >= 0.6 is 11.6 Å².